The van der Waals surface area contributed by atoms with Crippen molar-refractivity contribution >= 4 is 39.1 Å². The van der Waals surface area contributed by atoms with E-state index in [0.717, 1.165) is 0 Å². The van der Waals surface area contributed by atoms with Crippen molar-refractivity contribution in [2.75, 3.05) is 0 Å². The molecule has 0 aromatic heterocycles. The lowest BCUT2D eigenvalue weighted by Gasteiger charge is -2.00. The summed E-state index contributed by atoms with van der Waals surface area (Å²) in [6.07, 6.45) is 0. The van der Waals surface area contributed by atoms with Crippen LogP contribution in [-0.4, -0.2) is 0 Å². The molecule has 0 aliphatic carbocycles. The van der Waals surface area contributed by atoms with Gasteiger partial charge in [-0.3, -0.25) is 0 Å². The van der Waals surface area contributed by atoms with E-state index in [1.807, 2.05) is 0 Å². The molecule has 0 atom stereocenters. The molecule has 0 spiro atoms. The van der Waals surface area contributed by atoms with E-state index in [-0.39, 0.29) is 11.7 Å². The van der Waals surface area contributed by atoms with Gasteiger partial charge in [0.05, 0.1) is 10.9 Å². The Kier molecular flexibility index (Phi) is 3.16. The van der Waals surface area contributed by atoms with Gasteiger partial charge >= 0.3 is 0 Å². The molecule has 0 saturated heterocycles. The van der Waals surface area contributed by atoms with Gasteiger partial charge in [0.1, 0.15) is 5.82 Å². The summed E-state index contributed by atoms with van der Waals surface area (Å²) in [4.78, 5) is 0. The van der Waals surface area contributed by atoms with Gasteiger partial charge in [-0.2, -0.15) is 0 Å². The van der Waals surface area contributed by atoms with Crippen LogP contribution in [0.25, 0.3) is 0 Å². The quantitative estimate of drug-likeness (QED) is 0.527. The molecule has 0 fully saturated rings. The smallest absolute Gasteiger partial charge is 0.128 e. The number of alkyl halides is 1. The normalized spacial score (nSPS) is 10.2. The Morgan fingerprint density at radius 2 is 2.09 bits per heavy atom. The maximum absolute atomic E-state index is 12.9. The first-order valence-corrected chi connectivity index (χ1v) is 4.55. The van der Waals surface area contributed by atoms with E-state index in [9.17, 15) is 4.39 Å². The van der Waals surface area contributed by atoms with Gasteiger partial charge in [0.15, 0.2) is 0 Å². The Morgan fingerprint density at radius 1 is 1.45 bits per heavy atom. The van der Waals surface area contributed by atoms with Crippen molar-refractivity contribution in [2.24, 2.45) is 0 Å². The molecule has 0 unspecified atom stereocenters. The Morgan fingerprint density at radius 3 is 2.64 bits per heavy atom. The number of benzene rings is 1. The number of hydrogen-bond donors (Lipinski definition) is 0. The molecule has 1 aromatic carbocycles. The first-order valence-electron chi connectivity index (χ1n) is 2.84. The lowest BCUT2D eigenvalue weighted by molar-refractivity contribution is 0.616. The second-order valence-corrected chi connectivity index (χ2v) is 3.52. The summed E-state index contributed by atoms with van der Waals surface area (Å²) in [6, 6.07) is 2.81. The third-order valence-electron chi connectivity index (χ3n) is 1.23. The molecule has 0 N–H and O–H groups in total. The zero-order chi connectivity index (χ0) is 8.43. The van der Waals surface area contributed by atoms with Crippen LogP contribution in [0.3, 0.4) is 0 Å². The van der Waals surface area contributed by atoms with Crippen LogP contribution in [-0.2, 0) is 5.88 Å². The first-order chi connectivity index (χ1) is 5.15. The summed E-state index contributed by atoms with van der Waals surface area (Å²) < 4.78 is 13.4. The highest BCUT2D eigenvalue weighted by Crippen LogP contribution is 2.26. The van der Waals surface area contributed by atoms with Crippen molar-refractivity contribution in [3.8, 4) is 0 Å². The fraction of sp³-hybridized carbons (Fsp3) is 0.143. The predicted molar refractivity (Wildman–Crippen MR) is 48.7 cm³/mol. The molecule has 0 amide bonds. The van der Waals surface area contributed by atoms with Crippen LogP contribution >= 0.6 is 39.1 Å². The second-order valence-electron chi connectivity index (χ2n) is 1.99. The largest absolute Gasteiger partial charge is 0.207 e. The Balaban J connectivity index is 3.21. The van der Waals surface area contributed by atoms with Gasteiger partial charge in [-0.25, -0.2) is 4.39 Å². The fourth-order valence-corrected chi connectivity index (χ4v) is 1.37. The molecule has 0 aliphatic rings. The SMILES string of the molecule is Fc1cc(Br)c(Cl)cc1CCl. The lowest BCUT2D eigenvalue weighted by Crippen LogP contribution is -1.85. The Hall–Kier alpha value is 0.210. The Bertz CT molecular complexity index is 275. The number of halogens is 4. The summed E-state index contributed by atoms with van der Waals surface area (Å²) in [5.41, 5.74) is 0.417. The van der Waals surface area contributed by atoms with Gasteiger partial charge in [-0.1, -0.05) is 11.6 Å². The molecule has 60 valence electrons. The maximum atomic E-state index is 12.9. The van der Waals surface area contributed by atoms with Gasteiger partial charge in [-0.15, -0.1) is 11.6 Å². The van der Waals surface area contributed by atoms with E-state index in [1.165, 1.54) is 12.1 Å². The summed E-state index contributed by atoms with van der Waals surface area (Å²) in [5.74, 6) is -0.199. The van der Waals surface area contributed by atoms with E-state index in [1.54, 1.807) is 0 Å². The van der Waals surface area contributed by atoms with Crippen LogP contribution in [0.5, 0.6) is 0 Å². The molecule has 11 heavy (non-hydrogen) atoms. The number of hydrogen-bond acceptors (Lipinski definition) is 0. The lowest BCUT2D eigenvalue weighted by atomic mass is 10.2. The van der Waals surface area contributed by atoms with Crippen LogP contribution in [0.4, 0.5) is 4.39 Å². The predicted octanol–water partition coefficient (Wildman–Crippen LogP) is 3.98. The summed E-state index contributed by atoms with van der Waals surface area (Å²) in [6.45, 7) is 0. The zero-order valence-electron chi connectivity index (χ0n) is 5.37. The molecule has 0 radical (unpaired) electrons. The minimum Gasteiger partial charge on any atom is -0.207 e. The van der Waals surface area contributed by atoms with E-state index < -0.39 is 0 Å². The van der Waals surface area contributed by atoms with E-state index >= 15 is 0 Å². The summed E-state index contributed by atoms with van der Waals surface area (Å²) in [5, 5.41) is 0.474. The topological polar surface area (TPSA) is 0 Å². The van der Waals surface area contributed by atoms with Crippen molar-refractivity contribution in [2.45, 2.75) is 5.88 Å². The molecule has 0 aliphatic heterocycles. The zero-order valence-corrected chi connectivity index (χ0v) is 8.47. The monoisotopic (exact) mass is 256 g/mol. The average Bonchev–Trinajstić information content (AvgIpc) is 1.97. The first kappa shape index (κ1) is 9.30. The Labute approximate surface area is 82.4 Å². The van der Waals surface area contributed by atoms with Crippen molar-refractivity contribution in [3.05, 3.63) is 33.0 Å². The fourth-order valence-electron chi connectivity index (χ4n) is 0.666. The second kappa shape index (κ2) is 3.74. The van der Waals surface area contributed by atoms with Crippen molar-refractivity contribution < 1.29 is 4.39 Å². The highest BCUT2D eigenvalue weighted by Gasteiger charge is 2.04. The van der Waals surface area contributed by atoms with Crippen LogP contribution in [0, 0.1) is 5.82 Å². The molecule has 0 bridgehead atoms. The summed E-state index contributed by atoms with van der Waals surface area (Å²) in [7, 11) is 0. The van der Waals surface area contributed by atoms with Crippen molar-refractivity contribution in [1.29, 1.82) is 0 Å². The van der Waals surface area contributed by atoms with E-state index in [2.05, 4.69) is 15.9 Å². The van der Waals surface area contributed by atoms with Gasteiger partial charge < -0.3 is 0 Å². The molecule has 0 nitrogen and oxygen atoms in total. The average molecular weight is 258 g/mol. The molecule has 1 rings (SSSR count). The van der Waals surface area contributed by atoms with Crippen molar-refractivity contribution in [3.63, 3.8) is 0 Å². The number of rotatable bonds is 1. The molecule has 1 aromatic rings. The standard InChI is InChI=1S/C7H4BrCl2F/c8-5-2-7(11)4(3-9)1-6(5)10/h1-2H,3H2. The highest BCUT2D eigenvalue weighted by atomic mass is 79.9. The van der Waals surface area contributed by atoms with Gasteiger partial charge in [0.2, 0.25) is 0 Å². The highest BCUT2D eigenvalue weighted by molar-refractivity contribution is 9.10. The molecule has 4 heteroatoms. The van der Waals surface area contributed by atoms with Crippen LogP contribution in [0.1, 0.15) is 5.56 Å². The van der Waals surface area contributed by atoms with Gasteiger partial charge in [-0.05, 0) is 28.1 Å². The van der Waals surface area contributed by atoms with Crippen LogP contribution in [0.2, 0.25) is 5.02 Å². The minimum atomic E-state index is -0.337. The van der Waals surface area contributed by atoms with Crippen LogP contribution < -0.4 is 0 Å². The molecular weight excluding hydrogens is 254 g/mol. The molecule has 0 saturated carbocycles. The maximum Gasteiger partial charge on any atom is 0.128 e. The summed E-state index contributed by atoms with van der Waals surface area (Å²) >= 11 is 14.2. The third-order valence-corrected chi connectivity index (χ3v) is 2.72. The molecular formula is C7H4BrCl2F. The van der Waals surface area contributed by atoms with Gasteiger partial charge in [0, 0.05) is 10.0 Å². The van der Waals surface area contributed by atoms with E-state index in [4.69, 9.17) is 23.2 Å². The molecule has 0 heterocycles. The van der Waals surface area contributed by atoms with Crippen LogP contribution in [0.15, 0.2) is 16.6 Å². The minimum absolute atomic E-state index is 0.138. The van der Waals surface area contributed by atoms with Crippen molar-refractivity contribution in [1.82, 2.24) is 0 Å². The third kappa shape index (κ3) is 2.08. The van der Waals surface area contributed by atoms with E-state index in [0.29, 0.717) is 15.1 Å². The van der Waals surface area contributed by atoms with Gasteiger partial charge in [0.25, 0.3) is 0 Å².